The molecule has 28 heavy (non-hydrogen) atoms. The molecule has 0 saturated carbocycles. The number of imidazole rings is 1. The van der Waals surface area contributed by atoms with Crippen molar-refractivity contribution in [2.75, 3.05) is 7.11 Å². The molecule has 0 aliphatic carbocycles. The molecule has 4 aromatic rings. The van der Waals surface area contributed by atoms with E-state index >= 15 is 0 Å². The molecule has 0 amide bonds. The summed E-state index contributed by atoms with van der Waals surface area (Å²) in [6.45, 7) is 0. The lowest BCUT2D eigenvalue weighted by Gasteiger charge is -2.07. The van der Waals surface area contributed by atoms with Gasteiger partial charge in [-0.1, -0.05) is 23.7 Å². The fraction of sp³-hybridized carbons (Fsp3) is 0.0455. The normalized spacial score (nSPS) is 10.6. The van der Waals surface area contributed by atoms with Gasteiger partial charge >= 0.3 is 0 Å². The molecule has 0 spiro atoms. The van der Waals surface area contributed by atoms with E-state index in [2.05, 4.69) is 9.97 Å². The van der Waals surface area contributed by atoms with Crippen LogP contribution in [0.5, 0.6) is 5.75 Å². The fourth-order valence-electron chi connectivity index (χ4n) is 2.91. The maximum atomic E-state index is 12.7. The summed E-state index contributed by atoms with van der Waals surface area (Å²) in [5.41, 5.74) is 3.59. The van der Waals surface area contributed by atoms with E-state index in [-0.39, 0.29) is 5.78 Å². The summed E-state index contributed by atoms with van der Waals surface area (Å²) in [6, 6.07) is 18.5. The number of ketones is 1. The van der Waals surface area contributed by atoms with Crippen molar-refractivity contribution in [1.29, 1.82) is 0 Å². The number of rotatable bonds is 5. The summed E-state index contributed by atoms with van der Waals surface area (Å²) in [6.07, 6.45) is 5.00. The molecule has 5 nitrogen and oxygen atoms in total. The Morgan fingerprint density at radius 3 is 2.61 bits per heavy atom. The standard InChI is InChI=1S/C22H16ClN3O2/c1-28-18-9-7-15(8-10-18)21(27)20-13-26(14-25-20)17-5-2-4-16(12-17)19-6-3-11-24-22(19)23/h2-14H,1H3. The molecule has 0 radical (unpaired) electrons. The zero-order valence-corrected chi connectivity index (χ0v) is 15.8. The lowest BCUT2D eigenvalue weighted by Crippen LogP contribution is -2.01. The van der Waals surface area contributed by atoms with E-state index in [4.69, 9.17) is 16.3 Å². The molecule has 0 N–H and O–H groups in total. The molecule has 0 fully saturated rings. The van der Waals surface area contributed by atoms with E-state index in [0.29, 0.717) is 22.2 Å². The Morgan fingerprint density at radius 2 is 1.86 bits per heavy atom. The highest BCUT2D eigenvalue weighted by Crippen LogP contribution is 2.27. The van der Waals surface area contributed by atoms with Crippen LogP contribution in [0.25, 0.3) is 16.8 Å². The van der Waals surface area contributed by atoms with Crippen molar-refractivity contribution < 1.29 is 9.53 Å². The highest BCUT2D eigenvalue weighted by Gasteiger charge is 2.13. The first-order valence-electron chi connectivity index (χ1n) is 8.60. The van der Waals surface area contributed by atoms with E-state index in [1.165, 1.54) is 0 Å². The van der Waals surface area contributed by atoms with Crippen LogP contribution in [0.1, 0.15) is 16.1 Å². The van der Waals surface area contributed by atoms with Gasteiger partial charge in [0.1, 0.15) is 22.9 Å². The average molecular weight is 390 g/mol. The fourth-order valence-corrected chi connectivity index (χ4v) is 3.14. The van der Waals surface area contributed by atoms with Crippen molar-refractivity contribution in [2.24, 2.45) is 0 Å². The van der Waals surface area contributed by atoms with Crippen molar-refractivity contribution in [1.82, 2.24) is 14.5 Å². The van der Waals surface area contributed by atoms with Crippen molar-refractivity contribution in [3.8, 4) is 22.6 Å². The minimum Gasteiger partial charge on any atom is -0.497 e. The van der Waals surface area contributed by atoms with Gasteiger partial charge in [0.05, 0.1) is 7.11 Å². The molecule has 2 heterocycles. The zero-order valence-electron chi connectivity index (χ0n) is 15.0. The number of methoxy groups -OCH3 is 1. The van der Waals surface area contributed by atoms with E-state index in [1.807, 2.05) is 41.0 Å². The van der Waals surface area contributed by atoms with Crippen molar-refractivity contribution in [3.63, 3.8) is 0 Å². The number of nitrogens with zero attached hydrogens (tertiary/aromatic N) is 3. The molecule has 0 unspecified atom stereocenters. The van der Waals surface area contributed by atoms with Gasteiger partial charge in [-0.15, -0.1) is 0 Å². The van der Waals surface area contributed by atoms with Gasteiger partial charge in [0.25, 0.3) is 0 Å². The second kappa shape index (κ2) is 7.66. The molecule has 2 aromatic heterocycles. The van der Waals surface area contributed by atoms with Gasteiger partial charge in [0, 0.05) is 29.2 Å². The van der Waals surface area contributed by atoms with Crippen LogP contribution in [0.4, 0.5) is 0 Å². The molecule has 0 atom stereocenters. The van der Waals surface area contributed by atoms with E-state index < -0.39 is 0 Å². The highest BCUT2D eigenvalue weighted by molar-refractivity contribution is 6.32. The summed E-state index contributed by atoms with van der Waals surface area (Å²) >= 11 is 6.21. The Morgan fingerprint density at radius 1 is 1.04 bits per heavy atom. The number of carbonyl (C=O) groups excluding carboxylic acids is 1. The minimum absolute atomic E-state index is 0.145. The van der Waals surface area contributed by atoms with Crippen LogP contribution >= 0.6 is 11.6 Å². The van der Waals surface area contributed by atoms with Crippen LogP contribution < -0.4 is 4.74 Å². The minimum atomic E-state index is -0.145. The monoisotopic (exact) mass is 389 g/mol. The van der Waals surface area contributed by atoms with Crippen molar-refractivity contribution in [3.05, 3.63) is 95.8 Å². The van der Waals surface area contributed by atoms with Crippen LogP contribution in [0.15, 0.2) is 79.4 Å². The Bertz CT molecular complexity index is 1140. The molecule has 4 rings (SSSR count). The number of hydrogen-bond acceptors (Lipinski definition) is 4. The molecule has 138 valence electrons. The summed E-state index contributed by atoms with van der Waals surface area (Å²) in [4.78, 5) is 21.1. The van der Waals surface area contributed by atoms with Gasteiger partial charge in [-0.05, 0) is 54.1 Å². The molecule has 2 aromatic carbocycles. The largest absolute Gasteiger partial charge is 0.497 e. The maximum absolute atomic E-state index is 12.7. The van der Waals surface area contributed by atoms with Gasteiger partial charge in [0.2, 0.25) is 5.78 Å². The maximum Gasteiger partial charge on any atom is 0.212 e. The quantitative estimate of drug-likeness (QED) is 0.362. The predicted octanol–water partition coefficient (Wildman–Crippen LogP) is 4.83. The summed E-state index contributed by atoms with van der Waals surface area (Å²) in [7, 11) is 1.59. The van der Waals surface area contributed by atoms with Gasteiger partial charge in [0.15, 0.2) is 0 Å². The summed E-state index contributed by atoms with van der Waals surface area (Å²) in [5.74, 6) is 0.556. The first-order chi connectivity index (χ1) is 13.7. The molecular formula is C22H16ClN3O2. The van der Waals surface area contributed by atoms with Gasteiger partial charge in [-0.2, -0.15) is 0 Å². The predicted molar refractivity (Wildman–Crippen MR) is 108 cm³/mol. The van der Waals surface area contributed by atoms with Crippen LogP contribution in [-0.2, 0) is 0 Å². The molecule has 0 bridgehead atoms. The third-order valence-corrected chi connectivity index (χ3v) is 4.68. The van der Waals surface area contributed by atoms with E-state index in [0.717, 1.165) is 16.8 Å². The summed E-state index contributed by atoms with van der Waals surface area (Å²) < 4.78 is 6.94. The smallest absolute Gasteiger partial charge is 0.212 e. The number of ether oxygens (including phenoxy) is 1. The number of benzene rings is 2. The molecule has 0 saturated heterocycles. The van der Waals surface area contributed by atoms with Crippen LogP contribution in [0.3, 0.4) is 0 Å². The van der Waals surface area contributed by atoms with Gasteiger partial charge in [-0.25, -0.2) is 9.97 Å². The van der Waals surface area contributed by atoms with Crippen molar-refractivity contribution >= 4 is 17.4 Å². The van der Waals surface area contributed by atoms with E-state index in [1.54, 1.807) is 50.1 Å². The third-order valence-electron chi connectivity index (χ3n) is 4.38. The van der Waals surface area contributed by atoms with Crippen molar-refractivity contribution in [2.45, 2.75) is 0 Å². The summed E-state index contributed by atoms with van der Waals surface area (Å²) in [5, 5.41) is 0.445. The Labute approximate surface area is 167 Å². The second-order valence-electron chi connectivity index (χ2n) is 6.12. The number of halogens is 1. The average Bonchev–Trinajstić information content (AvgIpc) is 3.24. The zero-order chi connectivity index (χ0) is 19.5. The Balaban J connectivity index is 1.63. The van der Waals surface area contributed by atoms with Crippen LogP contribution in [0.2, 0.25) is 5.15 Å². The van der Waals surface area contributed by atoms with E-state index in [9.17, 15) is 4.79 Å². The van der Waals surface area contributed by atoms with Gasteiger partial charge in [-0.3, -0.25) is 4.79 Å². The number of aromatic nitrogens is 3. The topological polar surface area (TPSA) is 57.0 Å². The molecule has 6 heteroatoms. The lowest BCUT2D eigenvalue weighted by molar-refractivity contribution is 0.103. The molecule has 0 aliphatic rings. The first kappa shape index (κ1) is 17.9. The number of carbonyl (C=O) groups is 1. The number of pyridine rings is 1. The third kappa shape index (κ3) is 3.52. The molecule has 0 aliphatic heterocycles. The Kier molecular flexibility index (Phi) is 4.91. The second-order valence-corrected chi connectivity index (χ2v) is 6.47. The van der Waals surface area contributed by atoms with Crippen LogP contribution in [0, 0.1) is 0 Å². The Hall–Kier alpha value is -3.44. The van der Waals surface area contributed by atoms with Gasteiger partial charge < -0.3 is 9.30 Å². The highest BCUT2D eigenvalue weighted by atomic mass is 35.5. The van der Waals surface area contributed by atoms with Crippen LogP contribution in [-0.4, -0.2) is 27.4 Å². The SMILES string of the molecule is COc1ccc(C(=O)c2cn(-c3cccc(-c4cccnc4Cl)c3)cn2)cc1. The lowest BCUT2D eigenvalue weighted by atomic mass is 10.1. The molecular weight excluding hydrogens is 374 g/mol. The number of hydrogen-bond donors (Lipinski definition) is 0. The first-order valence-corrected chi connectivity index (χ1v) is 8.97.